The SMILES string of the molecule is O=C(COc1ccc2oc3c(c2c1)CCCC3)N1CCCC1. The van der Waals surface area contributed by atoms with Crippen molar-refractivity contribution in [2.45, 2.75) is 38.5 Å². The number of hydrogen-bond acceptors (Lipinski definition) is 3. The van der Waals surface area contributed by atoms with Gasteiger partial charge in [-0.2, -0.15) is 0 Å². The Morgan fingerprint density at radius 3 is 2.82 bits per heavy atom. The smallest absolute Gasteiger partial charge is 0.260 e. The number of amides is 1. The third-order valence-electron chi connectivity index (χ3n) is 4.75. The number of nitrogens with zero attached hydrogens (tertiary/aromatic N) is 1. The lowest BCUT2D eigenvalue weighted by atomic mass is 9.96. The van der Waals surface area contributed by atoms with Gasteiger partial charge < -0.3 is 14.1 Å². The predicted molar refractivity (Wildman–Crippen MR) is 84.2 cm³/mol. The fourth-order valence-corrected chi connectivity index (χ4v) is 3.53. The number of benzene rings is 1. The first-order valence-electron chi connectivity index (χ1n) is 8.26. The number of likely N-dealkylation sites (tertiary alicyclic amines) is 1. The van der Waals surface area contributed by atoms with E-state index in [0.29, 0.717) is 0 Å². The molecule has 0 unspecified atom stereocenters. The van der Waals surface area contributed by atoms with Crippen LogP contribution < -0.4 is 4.74 Å². The highest BCUT2D eigenvalue weighted by atomic mass is 16.5. The minimum absolute atomic E-state index is 0.0896. The summed E-state index contributed by atoms with van der Waals surface area (Å²) < 4.78 is 11.6. The maximum atomic E-state index is 12.0. The molecule has 4 rings (SSSR count). The van der Waals surface area contributed by atoms with E-state index in [1.165, 1.54) is 18.4 Å². The molecule has 0 spiro atoms. The number of ether oxygens (including phenoxy) is 1. The average Bonchev–Trinajstić information content (AvgIpc) is 3.20. The molecule has 0 radical (unpaired) electrons. The first kappa shape index (κ1) is 13.7. The van der Waals surface area contributed by atoms with Crippen molar-refractivity contribution in [2.24, 2.45) is 0 Å². The molecule has 1 aromatic carbocycles. The van der Waals surface area contributed by atoms with E-state index >= 15 is 0 Å². The fourth-order valence-electron chi connectivity index (χ4n) is 3.53. The molecule has 2 aliphatic rings. The molecule has 4 nitrogen and oxygen atoms in total. The van der Waals surface area contributed by atoms with Crippen LogP contribution in [0.5, 0.6) is 5.75 Å². The van der Waals surface area contributed by atoms with Gasteiger partial charge in [0.2, 0.25) is 0 Å². The fraction of sp³-hybridized carbons (Fsp3) is 0.500. The monoisotopic (exact) mass is 299 g/mol. The Morgan fingerprint density at radius 2 is 1.95 bits per heavy atom. The molecule has 1 aliphatic carbocycles. The lowest BCUT2D eigenvalue weighted by Crippen LogP contribution is -2.32. The van der Waals surface area contributed by atoms with Gasteiger partial charge in [-0.25, -0.2) is 0 Å². The topological polar surface area (TPSA) is 42.7 Å². The van der Waals surface area contributed by atoms with Crippen LogP contribution in [0.1, 0.15) is 37.0 Å². The Bertz CT molecular complexity index is 698. The summed E-state index contributed by atoms with van der Waals surface area (Å²) in [6, 6.07) is 5.89. The molecule has 0 bridgehead atoms. The molecule has 116 valence electrons. The van der Waals surface area contributed by atoms with Crippen LogP contribution in [0.25, 0.3) is 11.0 Å². The summed E-state index contributed by atoms with van der Waals surface area (Å²) in [5.41, 5.74) is 2.27. The molecule has 2 heterocycles. The minimum atomic E-state index is 0.0896. The third-order valence-corrected chi connectivity index (χ3v) is 4.75. The number of carbonyl (C=O) groups is 1. The molecule has 2 aromatic rings. The summed E-state index contributed by atoms with van der Waals surface area (Å²) in [4.78, 5) is 13.9. The summed E-state index contributed by atoms with van der Waals surface area (Å²) in [6.45, 7) is 1.87. The van der Waals surface area contributed by atoms with Crippen LogP contribution in [-0.4, -0.2) is 30.5 Å². The second kappa shape index (κ2) is 5.67. The van der Waals surface area contributed by atoms with Crippen molar-refractivity contribution in [3.8, 4) is 5.75 Å². The van der Waals surface area contributed by atoms with Gasteiger partial charge in [0.05, 0.1) is 0 Å². The number of carbonyl (C=O) groups excluding carboxylic acids is 1. The molecule has 1 saturated heterocycles. The molecule has 0 saturated carbocycles. The second-order valence-electron chi connectivity index (χ2n) is 6.25. The molecule has 1 aromatic heterocycles. The maximum absolute atomic E-state index is 12.0. The van der Waals surface area contributed by atoms with E-state index in [1.807, 2.05) is 23.1 Å². The van der Waals surface area contributed by atoms with Gasteiger partial charge in [0.25, 0.3) is 5.91 Å². The van der Waals surface area contributed by atoms with E-state index in [0.717, 1.165) is 61.3 Å². The van der Waals surface area contributed by atoms with Gasteiger partial charge in [-0.05, 0) is 50.3 Å². The van der Waals surface area contributed by atoms with Gasteiger partial charge in [-0.3, -0.25) is 4.79 Å². The zero-order valence-corrected chi connectivity index (χ0v) is 12.8. The Morgan fingerprint density at radius 1 is 1.14 bits per heavy atom. The first-order valence-corrected chi connectivity index (χ1v) is 8.26. The molecule has 22 heavy (non-hydrogen) atoms. The normalized spacial score (nSPS) is 17.7. The third kappa shape index (κ3) is 2.47. The summed E-state index contributed by atoms with van der Waals surface area (Å²) in [6.07, 6.45) is 6.77. The molecular weight excluding hydrogens is 278 g/mol. The highest BCUT2D eigenvalue weighted by Gasteiger charge is 2.20. The van der Waals surface area contributed by atoms with Crippen LogP contribution in [0.3, 0.4) is 0 Å². The van der Waals surface area contributed by atoms with E-state index < -0.39 is 0 Å². The zero-order chi connectivity index (χ0) is 14.9. The van der Waals surface area contributed by atoms with Crippen molar-refractivity contribution in [1.29, 1.82) is 0 Å². The van der Waals surface area contributed by atoms with E-state index in [9.17, 15) is 4.79 Å². The molecule has 1 aliphatic heterocycles. The summed E-state index contributed by atoms with van der Waals surface area (Å²) in [7, 11) is 0. The van der Waals surface area contributed by atoms with Crippen LogP contribution in [0, 0.1) is 0 Å². The van der Waals surface area contributed by atoms with E-state index in [2.05, 4.69) is 0 Å². The molecule has 1 fully saturated rings. The van der Waals surface area contributed by atoms with Crippen LogP contribution in [0.2, 0.25) is 0 Å². The molecule has 4 heteroatoms. The Kier molecular flexibility index (Phi) is 3.53. The van der Waals surface area contributed by atoms with Crippen molar-refractivity contribution >= 4 is 16.9 Å². The number of furan rings is 1. The number of hydrogen-bond donors (Lipinski definition) is 0. The van der Waals surface area contributed by atoms with Crippen molar-refractivity contribution in [3.63, 3.8) is 0 Å². The van der Waals surface area contributed by atoms with Gasteiger partial charge in [0.15, 0.2) is 6.61 Å². The van der Waals surface area contributed by atoms with Gasteiger partial charge >= 0.3 is 0 Å². The highest BCUT2D eigenvalue weighted by molar-refractivity contribution is 5.84. The van der Waals surface area contributed by atoms with Crippen molar-refractivity contribution in [2.75, 3.05) is 19.7 Å². The Hall–Kier alpha value is -1.97. The van der Waals surface area contributed by atoms with Gasteiger partial charge in [-0.1, -0.05) is 0 Å². The van der Waals surface area contributed by atoms with Crippen molar-refractivity contribution in [1.82, 2.24) is 4.90 Å². The van der Waals surface area contributed by atoms with E-state index in [4.69, 9.17) is 9.15 Å². The van der Waals surface area contributed by atoms with Crippen LogP contribution >= 0.6 is 0 Å². The largest absolute Gasteiger partial charge is 0.484 e. The zero-order valence-electron chi connectivity index (χ0n) is 12.8. The van der Waals surface area contributed by atoms with Gasteiger partial charge in [-0.15, -0.1) is 0 Å². The lowest BCUT2D eigenvalue weighted by molar-refractivity contribution is -0.132. The highest BCUT2D eigenvalue weighted by Crippen LogP contribution is 2.33. The van der Waals surface area contributed by atoms with Crippen LogP contribution in [0.15, 0.2) is 22.6 Å². The minimum Gasteiger partial charge on any atom is -0.484 e. The Balaban J connectivity index is 1.51. The molecule has 0 N–H and O–H groups in total. The standard InChI is InChI=1S/C18H21NO3/c20-18(19-9-3-4-10-19)12-21-13-7-8-17-15(11-13)14-5-1-2-6-16(14)22-17/h7-8,11H,1-6,9-10,12H2. The quantitative estimate of drug-likeness (QED) is 0.873. The van der Waals surface area contributed by atoms with Crippen molar-refractivity contribution < 1.29 is 13.9 Å². The summed E-state index contributed by atoms with van der Waals surface area (Å²) >= 11 is 0. The van der Waals surface area contributed by atoms with Gasteiger partial charge in [0, 0.05) is 30.5 Å². The first-order chi connectivity index (χ1) is 10.8. The molecule has 1 amide bonds. The average molecular weight is 299 g/mol. The maximum Gasteiger partial charge on any atom is 0.260 e. The molecule has 0 atom stereocenters. The lowest BCUT2D eigenvalue weighted by Gasteiger charge is -2.15. The molecular formula is C18H21NO3. The number of aryl methyl sites for hydroxylation is 2. The number of rotatable bonds is 3. The van der Waals surface area contributed by atoms with E-state index in [1.54, 1.807) is 0 Å². The number of fused-ring (bicyclic) bond motifs is 3. The van der Waals surface area contributed by atoms with E-state index in [-0.39, 0.29) is 12.5 Å². The second-order valence-corrected chi connectivity index (χ2v) is 6.25. The Labute approximate surface area is 130 Å². The van der Waals surface area contributed by atoms with Crippen molar-refractivity contribution in [3.05, 3.63) is 29.5 Å². The summed E-state index contributed by atoms with van der Waals surface area (Å²) in [5, 5.41) is 1.15. The van der Waals surface area contributed by atoms with Gasteiger partial charge in [0.1, 0.15) is 17.1 Å². The van der Waals surface area contributed by atoms with Crippen LogP contribution in [0.4, 0.5) is 0 Å². The predicted octanol–water partition coefficient (Wildman–Crippen LogP) is 3.31. The van der Waals surface area contributed by atoms with Crippen LogP contribution in [-0.2, 0) is 17.6 Å². The summed E-state index contributed by atoms with van der Waals surface area (Å²) in [5.74, 6) is 1.98.